The van der Waals surface area contributed by atoms with E-state index < -0.39 is 0 Å². The van der Waals surface area contributed by atoms with E-state index in [9.17, 15) is 4.79 Å². The van der Waals surface area contributed by atoms with Crippen molar-refractivity contribution in [2.75, 3.05) is 12.3 Å². The number of hydrogen-bond acceptors (Lipinski definition) is 4. The second-order valence-electron chi connectivity index (χ2n) is 6.91. The molecule has 0 saturated carbocycles. The first-order valence-electron chi connectivity index (χ1n) is 8.52. The summed E-state index contributed by atoms with van der Waals surface area (Å²) in [5.74, 6) is 1.00. The van der Waals surface area contributed by atoms with E-state index in [1.54, 1.807) is 12.2 Å². The lowest BCUT2D eigenvalue weighted by Gasteiger charge is -2.19. The van der Waals surface area contributed by atoms with E-state index >= 15 is 0 Å². The average Bonchev–Trinajstić information content (AvgIpc) is 3.00. The van der Waals surface area contributed by atoms with E-state index in [2.05, 4.69) is 73.7 Å². The van der Waals surface area contributed by atoms with Crippen LogP contribution in [0.2, 0.25) is 0 Å². The molecule has 1 N–H and O–H groups in total. The number of thioether (sulfide) groups is 1. The fourth-order valence-corrected chi connectivity index (χ4v) is 3.17. The minimum Gasteiger partial charge on any atom is -0.352 e. The minimum atomic E-state index is -0.0564. The molecule has 0 atom stereocenters. The Balaban J connectivity index is 2.21. The molecule has 1 amide bonds. The van der Waals surface area contributed by atoms with E-state index in [4.69, 9.17) is 0 Å². The van der Waals surface area contributed by atoms with Crippen LogP contribution in [0.5, 0.6) is 0 Å². The number of hydrogen-bond donors (Lipinski definition) is 1. The number of nitrogens with zero attached hydrogens (tertiary/aromatic N) is 3. The van der Waals surface area contributed by atoms with Crippen LogP contribution in [-0.4, -0.2) is 33.0 Å². The van der Waals surface area contributed by atoms with Gasteiger partial charge >= 0.3 is 0 Å². The van der Waals surface area contributed by atoms with Crippen LogP contribution in [0.25, 0.3) is 11.4 Å². The van der Waals surface area contributed by atoms with Gasteiger partial charge in [-0.05, 0) is 11.0 Å². The average molecular weight is 371 g/mol. The molecule has 26 heavy (non-hydrogen) atoms. The molecular formula is C20H26N4OS. The third-order valence-electron chi connectivity index (χ3n) is 3.81. The Hall–Kier alpha value is -2.34. The second-order valence-corrected chi connectivity index (χ2v) is 7.86. The number of nitrogens with one attached hydrogen (secondary N) is 1. The molecule has 0 fully saturated rings. The molecule has 0 spiro atoms. The highest BCUT2D eigenvalue weighted by molar-refractivity contribution is 7.99. The topological polar surface area (TPSA) is 59.8 Å². The zero-order valence-electron chi connectivity index (χ0n) is 15.7. The number of carbonyl (C=O) groups excluding carboxylic acids is 1. The fourth-order valence-electron chi connectivity index (χ4n) is 2.39. The minimum absolute atomic E-state index is 0.0564. The van der Waals surface area contributed by atoms with E-state index in [0.717, 1.165) is 11.4 Å². The van der Waals surface area contributed by atoms with Gasteiger partial charge in [0.05, 0.1) is 5.75 Å². The number of carbonyl (C=O) groups is 1. The largest absolute Gasteiger partial charge is 0.352 e. The standard InChI is InChI=1S/C20H26N4OS/c1-6-12-21-17(25)14-26-19-23-22-18(24(19)13-7-2)15-8-10-16(11-9-15)20(3,4)5/h6-11H,1-2,12-14H2,3-5H3,(H,21,25). The van der Waals surface area contributed by atoms with Crippen molar-refractivity contribution in [2.24, 2.45) is 0 Å². The van der Waals surface area contributed by atoms with Crippen molar-refractivity contribution in [1.82, 2.24) is 20.1 Å². The molecule has 1 aromatic carbocycles. The zero-order valence-corrected chi connectivity index (χ0v) is 16.5. The van der Waals surface area contributed by atoms with Crippen LogP contribution in [0, 0.1) is 0 Å². The molecule has 0 bridgehead atoms. The summed E-state index contributed by atoms with van der Waals surface area (Å²) >= 11 is 1.36. The number of amides is 1. The van der Waals surface area contributed by atoms with E-state index in [-0.39, 0.29) is 17.1 Å². The molecule has 2 rings (SSSR count). The first-order chi connectivity index (χ1) is 12.4. The Morgan fingerprint density at radius 2 is 1.88 bits per heavy atom. The molecular weight excluding hydrogens is 344 g/mol. The Labute approximate surface area is 159 Å². The first kappa shape index (κ1) is 20.0. The lowest BCUT2D eigenvalue weighted by molar-refractivity contribution is -0.118. The van der Waals surface area contributed by atoms with Crippen LogP contribution in [0.15, 0.2) is 54.7 Å². The summed E-state index contributed by atoms with van der Waals surface area (Å²) < 4.78 is 1.98. The highest BCUT2D eigenvalue weighted by atomic mass is 32.2. The number of rotatable bonds is 8. The van der Waals surface area contributed by atoms with Gasteiger partial charge in [-0.25, -0.2) is 0 Å². The van der Waals surface area contributed by atoms with Crippen molar-refractivity contribution < 1.29 is 4.79 Å². The molecule has 6 heteroatoms. The maximum Gasteiger partial charge on any atom is 0.230 e. The fraction of sp³-hybridized carbons (Fsp3) is 0.350. The number of aromatic nitrogens is 3. The van der Waals surface area contributed by atoms with Crippen molar-refractivity contribution in [3.63, 3.8) is 0 Å². The predicted molar refractivity (Wildman–Crippen MR) is 108 cm³/mol. The molecule has 0 aliphatic heterocycles. The van der Waals surface area contributed by atoms with E-state index in [1.807, 2.05) is 4.57 Å². The third-order valence-corrected chi connectivity index (χ3v) is 4.78. The predicted octanol–water partition coefficient (Wildman–Crippen LogP) is 3.82. The van der Waals surface area contributed by atoms with Crippen molar-refractivity contribution in [2.45, 2.75) is 37.9 Å². The number of benzene rings is 1. The second kappa shape index (κ2) is 8.85. The van der Waals surface area contributed by atoms with Crippen LogP contribution in [-0.2, 0) is 16.8 Å². The maximum atomic E-state index is 11.8. The molecule has 0 unspecified atom stereocenters. The molecule has 5 nitrogen and oxygen atoms in total. The van der Waals surface area contributed by atoms with Gasteiger partial charge < -0.3 is 5.32 Å². The lowest BCUT2D eigenvalue weighted by atomic mass is 9.87. The summed E-state index contributed by atoms with van der Waals surface area (Å²) in [4.78, 5) is 11.8. The molecule has 1 heterocycles. The smallest absolute Gasteiger partial charge is 0.230 e. The van der Waals surface area contributed by atoms with Gasteiger partial charge in [0.1, 0.15) is 0 Å². The zero-order chi connectivity index (χ0) is 19.2. The third kappa shape index (κ3) is 5.08. The van der Waals surface area contributed by atoms with Gasteiger partial charge in [-0.15, -0.1) is 23.4 Å². The van der Waals surface area contributed by atoms with Crippen molar-refractivity contribution in [3.05, 3.63) is 55.1 Å². The molecule has 0 aliphatic rings. The van der Waals surface area contributed by atoms with Crippen LogP contribution in [0.4, 0.5) is 0 Å². The SMILES string of the molecule is C=CCNC(=O)CSc1nnc(-c2ccc(C(C)(C)C)cc2)n1CC=C. The van der Waals surface area contributed by atoms with Gasteiger partial charge in [-0.3, -0.25) is 9.36 Å². The Kier molecular flexibility index (Phi) is 6.80. The summed E-state index contributed by atoms with van der Waals surface area (Å²) in [6, 6.07) is 8.38. The molecule has 138 valence electrons. The van der Waals surface area contributed by atoms with Crippen LogP contribution in [0.1, 0.15) is 26.3 Å². The van der Waals surface area contributed by atoms with Gasteiger partial charge in [-0.2, -0.15) is 0 Å². The first-order valence-corrected chi connectivity index (χ1v) is 9.50. The Morgan fingerprint density at radius 1 is 1.19 bits per heavy atom. The van der Waals surface area contributed by atoms with Gasteiger partial charge in [0.15, 0.2) is 11.0 Å². The highest BCUT2D eigenvalue weighted by Crippen LogP contribution is 2.27. The van der Waals surface area contributed by atoms with Crippen LogP contribution in [0.3, 0.4) is 0 Å². The van der Waals surface area contributed by atoms with Gasteiger partial charge in [0, 0.05) is 18.7 Å². The van der Waals surface area contributed by atoms with Crippen LogP contribution < -0.4 is 5.32 Å². The molecule has 0 radical (unpaired) electrons. The Bertz CT molecular complexity index is 772. The molecule has 0 saturated heterocycles. The van der Waals surface area contributed by atoms with Crippen molar-refractivity contribution in [1.29, 1.82) is 0 Å². The lowest BCUT2D eigenvalue weighted by Crippen LogP contribution is -2.25. The molecule has 2 aromatic rings. The van der Waals surface area contributed by atoms with Crippen molar-refractivity contribution >= 4 is 17.7 Å². The summed E-state index contributed by atoms with van der Waals surface area (Å²) in [5, 5.41) is 12.1. The normalized spacial score (nSPS) is 11.2. The summed E-state index contributed by atoms with van der Waals surface area (Å²) in [6.07, 6.45) is 3.46. The van der Waals surface area contributed by atoms with Gasteiger partial charge in [0.2, 0.25) is 5.91 Å². The maximum absolute atomic E-state index is 11.8. The van der Waals surface area contributed by atoms with Crippen LogP contribution >= 0.6 is 11.8 Å². The van der Waals surface area contributed by atoms with Gasteiger partial charge in [-0.1, -0.05) is 69.0 Å². The summed E-state index contributed by atoms with van der Waals surface area (Å²) in [6.45, 7) is 15.0. The summed E-state index contributed by atoms with van der Waals surface area (Å²) in [7, 11) is 0. The van der Waals surface area contributed by atoms with E-state index in [0.29, 0.717) is 18.2 Å². The molecule has 1 aromatic heterocycles. The number of allylic oxidation sites excluding steroid dienone is 1. The quantitative estimate of drug-likeness (QED) is 0.567. The van der Waals surface area contributed by atoms with Gasteiger partial charge in [0.25, 0.3) is 0 Å². The van der Waals surface area contributed by atoms with Crippen molar-refractivity contribution in [3.8, 4) is 11.4 Å². The highest BCUT2D eigenvalue weighted by Gasteiger charge is 2.17. The monoisotopic (exact) mass is 370 g/mol. The van der Waals surface area contributed by atoms with E-state index in [1.165, 1.54) is 17.3 Å². The Morgan fingerprint density at radius 3 is 2.46 bits per heavy atom. The summed E-state index contributed by atoms with van der Waals surface area (Å²) in [5.41, 5.74) is 2.37. The molecule has 0 aliphatic carbocycles.